The van der Waals surface area contributed by atoms with Gasteiger partial charge in [0, 0.05) is 23.9 Å². The number of hydrogen-bond acceptors (Lipinski definition) is 8. The Morgan fingerprint density at radius 2 is 2.00 bits per heavy atom. The first kappa shape index (κ1) is 22.1. The number of hydrogen-bond donors (Lipinski definition) is 3. The molecule has 0 aliphatic rings. The van der Waals surface area contributed by atoms with Crippen LogP contribution in [0.15, 0.2) is 67.9 Å². The van der Waals surface area contributed by atoms with Gasteiger partial charge in [-0.2, -0.15) is 0 Å². The van der Waals surface area contributed by atoms with E-state index in [1.165, 1.54) is 17.8 Å². The predicted octanol–water partition coefficient (Wildman–Crippen LogP) is 1.24. The predicted molar refractivity (Wildman–Crippen MR) is 120 cm³/mol. The van der Waals surface area contributed by atoms with Gasteiger partial charge in [-0.15, -0.1) is 10.2 Å². The van der Waals surface area contributed by atoms with Gasteiger partial charge in [-0.3, -0.25) is 19.1 Å². The van der Waals surface area contributed by atoms with Gasteiger partial charge in [0.2, 0.25) is 5.91 Å². The summed E-state index contributed by atoms with van der Waals surface area (Å²) in [6.45, 7) is 0.290. The number of aromatic nitrogens is 5. The van der Waals surface area contributed by atoms with Crippen LogP contribution in [0.25, 0.3) is 5.69 Å². The minimum atomic E-state index is -0.601. The molecule has 1 aromatic carbocycles. The van der Waals surface area contributed by atoms with Crippen LogP contribution in [-0.4, -0.2) is 43.5 Å². The number of thioether (sulfide) groups is 1. The van der Waals surface area contributed by atoms with Gasteiger partial charge in [0.05, 0.1) is 25.7 Å². The lowest BCUT2D eigenvalue weighted by atomic mass is 10.2. The van der Waals surface area contributed by atoms with Crippen molar-refractivity contribution in [3.63, 3.8) is 0 Å². The molecule has 170 valence electrons. The quantitative estimate of drug-likeness (QED) is 0.311. The Kier molecular flexibility index (Phi) is 6.74. The lowest BCUT2D eigenvalue weighted by Crippen LogP contribution is -2.24. The van der Waals surface area contributed by atoms with Gasteiger partial charge in [0.25, 0.3) is 5.56 Å². The average molecular weight is 468 g/mol. The molecule has 0 unspecified atom stereocenters. The molecule has 0 saturated carbocycles. The zero-order chi connectivity index (χ0) is 23.2. The second kappa shape index (κ2) is 10.0. The van der Waals surface area contributed by atoms with Gasteiger partial charge in [0.1, 0.15) is 17.3 Å². The number of aromatic amines is 2. The van der Waals surface area contributed by atoms with Crippen LogP contribution in [0.1, 0.15) is 17.3 Å². The number of ether oxygens (including phenoxy) is 1. The van der Waals surface area contributed by atoms with E-state index >= 15 is 0 Å². The van der Waals surface area contributed by atoms with Crippen molar-refractivity contribution in [2.45, 2.75) is 18.1 Å². The zero-order valence-electron chi connectivity index (χ0n) is 17.5. The van der Waals surface area contributed by atoms with Crippen LogP contribution in [0.2, 0.25) is 0 Å². The lowest BCUT2D eigenvalue weighted by Gasteiger charge is -2.11. The second-order valence-corrected chi connectivity index (χ2v) is 7.81. The molecule has 0 aliphatic carbocycles. The van der Waals surface area contributed by atoms with Crippen molar-refractivity contribution in [3.8, 4) is 11.4 Å². The van der Waals surface area contributed by atoms with Crippen LogP contribution in [0.5, 0.6) is 5.75 Å². The fourth-order valence-electron chi connectivity index (χ4n) is 3.06. The molecular formula is C21H20N6O5S. The van der Waals surface area contributed by atoms with Crippen molar-refractivity contribution < 1.29 is 13.9 Å². The van der Waals surface area contributed by atoms with Gasteiger partial charge in [-0.05, 0) is 36.4 Å². The minimum absolute atomic E-state index is 0.108. The SMILES string of the molecule is COc1ccc(-n2c(Cc3cc(=O)[nH]c(=O)[nH]3)nnc2SCC(=O)NCc2ccco2)cc1. The highest BCUT2D eigenvalue weighted by molar-refractivity contribution is 7.99. The fraction of sp³-hybridized carbons (Fsp3) is 0.190. The monoisotopic (exact) mass is 468 g/mol. The van der Waals surface area contributed by atoms with E-state index in [2.05, 4.69) is 25.5 Å². The Bertz CT molecular complexity index is 1310. The van der Waals surface area contributed by atoms with E-state index in [4.69, 9.17) is 9.15 Å². The van der Waals surface area contributed by atoms with Gasteiger partial charge in [-0.25, -0.2) is 4.79 Å². The van der Waals surface area contributed by atoms with E-state index in [0.29, 0.717) is 34.7 Å². The molecular weight excluding hydrogens is 448 g/mol. The van der Waals surface area contributed by atoms with E-state index in [-0.39, 0.29) is 18.1 Å². The Morgan fingerprint density at radius 1 is 1.18 bits per heavy atom. The summed E-state index contributed by atoms with van der Waals surface area (Å²) in [6, 6.07) is 12.1. The van der Waals surface area contributed by atoms with Crippen LogP contribution in [0.3, 0.4) is 0 Å². The maximum Gasteiger partial charge on any atom is 0.325 e. The normalized spacial score (nSPS) is 10.8. The molecule has 0 radical (unpaired) electrons. The molecule has 1 amide bonds. The number of H-pyrrole nitrogens is 2. The highest BCUT2D eigenvalue weighted by Gasteiger charge is 2.17. The Balaban J connectivity index is 1.57. The van der Waals surface area contributed by atoms with E-state index in [0.717, 1.165) is 5.69 Å². The number of furan rings is 1. The molecule has 3 aromatic heterocycles. The third-order valence-corrected chi connectivity index (χ3v) is 5.50. The van der Waals surface area contributed by atoms with Gasteiger partial charge < -0.3 is 19.5 Å². The molecule has 0 atom stereocenters. The van der Waals surface area contributed by atoms with Crippen LogP contribution < -0.4 is 21.3 Å². The van der Waals surface area contributed by atoms with Gasteiger partial charge >= 0.3 is 5.69 Å². The van der Waals surface area contributed by atoms with Gasteiger partial charge in [0.15, 0.2) is 5.16 Å². The number of nitrogens with one attached hydrogen (secondary N) is 3. The number of amides is 1. The molecule has 3 heterocycles. The van der Waals surface area contributed by atoms with Crippen molar-refractivity contribution in [1.29, 1.82) is 0 Å². The van der Waals surface area contributed by atoms with Crippen LogP contribution in [0, 0.1) is 0 Å². The first-order valence-corrected chi connectivity index (χ1v) is 10.8. The largest absolute Gasteiger partial charge is 0.497 e. The van der Waals surface area contributed by atoms with Crippen molar-refractivity contribution in [1.82, 2.24) is 30.0 Å². The molecule has 11 nitrogen and oxygen atoms in total. The Morgan fingerprint density at radius 3 is 2.70 bits per heavy atom. The fourth-order valence-corrected chi connectivity index (χ4v) is 3.86. The minimum Gasteiger partial charge on any atom is -0.497 e. The van der Waals surface area contributed by atoms with Crippen LogP contribution in [0.4, 0.5) is 0 Å². The van der Waals surface area contributed by atoms with Crippen molar-refractivity contribution in [2.75, 3.05) is 12.9 Å². The number of nitrogens with zero attached hydrogens (tertiary/aromatic N) is 3. The molecule has 0 spiro atoms. The number of benzene rings is 1. The van der Waals surface area contributed by atoms with Crippen molar-refractivity contribution >= 4 is 17.7 Å². The highest BCUT2D eigenvalue weighted by Crippen LogP contribution is 2.24. The third-order valence-electron chi connectivity index (χ3n) is 4.57. The molecule has 12 heteroatoms. The first-order valence-electron chi connectivity index (χ1n) is 9.85. The molecule has 4 aromatic rings. The van der Waals surface area contributed by atoms with Crippen LogP contribution >= 0.6 is 11.8 Å². The average Bonchev–Trinajstić information content (AvgIpc) is 3.46. The smallest absolute Gasteiger partial charge is 0.325 e. The number of rotatable bonds is 9. The van der Waals surface area contributed by atoms with E-state index < -0.39 is 11.2 Å². The molecule has 0 bridgehead atoms. The summed E-state index contributed by atoms with van der Waals surface area (Å²) in [5, 5.41) is 11.7. The highest BCUT2D eigenvalue weighted by atomic mass is 32.2. The topological polar surface area (TPSA) is 148 Å². The number of methoxy groups -OCH3 is 1. The second-order valence-electron chi connectivity index (χ2n) is 6.87. The summed E-state index contributed by atoms with van der Waals surface area (Å²) < 4.78 is 12.2. The summed E-state index contributed by atoms with van der Waals surface area (Å²) in [4.78, 5) is 40.3. The molecule has 33 heavy (non-hydrogen) atoms. The molecule has 0 saturated heterocycles. The standard InChI is InChI=1S/C21H20N6O5S/c1-31-15-6-4-14(5-7-15)27-17(9-13-10-18(28)24-20(30)23-13)25-26-21(27)33-12-19(29)22-11-16-3-2-8-32-16/h2-8,10H,9,11-12H2,1H3,(H,22,29)(H2,23,24,28,30). The molecule has 0 aliphatic heterocycles. The summed E-state index contributed by atoms with van der Waals surface area (Å²) in [5.41, 5.74) is 0.0167. The third kappa shape index (κ3) is 5.60. The lowest BCUT2D eigenvalue weighted by molar-refractivity contribution is -0.118. The molecule has 4 rings (SSSR count). The molecule has 0 fully saturated rings. The van der Waals surface area contributed by atoms with Crippen LogP contribution in [-0.2, 0) is 17.8 Å². The van der Waals surface area contributed by atoms with E-state index in [1.807, 2.05) is 12.1 Å². The Labute approximate surface area is 191 Å². The van der Waals surface area contributed by atoms with E-state index in [9.17, 15) is 14.4 Å². The maximum atomic E-state index is 12.3. The summed E-state index contributed by atoms with van der Waals surface area (Å²) in [5.74, 6) is 1.74. The molecule has 3 N–H and O–H groups in total. The summed E-state index contributed by atoms with van der Waals surface area (Å²) >= 11 is 1.21. The first-order chi connectivity index (χ1) is 16.0. The summed E-state index contributed by atoms with van der Waals surface area (Å²) in [6.07, 6.45) is 1.70. The summed E-state index contributed by atoms with van der Waals surface area (Å²) in [7, 11) is 1.57. The Hall–Kier alpha value is -4.06. The zero-order valence-corrected chi connectivity index (χ0v) is 18.3. The van der Waals surface area contributed by atoms with Crippen molar-refractivity contribution in [2.24, 2.45) is 0 Å². The number of carbonyl (C=O) groups is 1. The van der Waals surface area contributed by atoms with Crippen molar-refractivity contribution in [3.05, 3.63) is 86.8 Å². The number of carbonyl (C=O) groups excluding carboxylic acids is 1. The van der Waals surface area contributed by atoms with Gasteiger partial charge in [-0.1, -0.05) is 11.8 Å². The maximum absolute atomic E-state index is 12.3. The van der Waals surface area contributed by atoms with E-state index in [1.54, 1.807) is 42.2 Å².